The van der Waals surface area contributed by atoms with Gasteiger partial charge in [-0.15, -0.1) is 0 Å². The maximum Gasteiger partial charge on any atom is 0.251 e. The first-order chi connectivity index (χ1) is 12.4. The van der Waals surface area contributed by atoms with Crippen LogP contribution in [0.3, 0.4) is 0 Å². The average Bonchev–Trinajstić information content (AvgIpc) is 2.61. The minimum atomic E-state index is -0.645. The van der Waals surface area contributed by atoms with Crippen LogP contribution in [-0.4, -0.2) is 22.8 Å². The molecule has 1 aromatic carbocycles. The van der Waals surface area contributed by atoms with Gasteiger partial charge in [-0.05, 0) is 42.2 Å². The zero-order chi connectivity index (χ0) is 19.1. The molecule has 1 aromatic heterocycles. The highest BCUT2D eigenvalue weighted by Gasteiger charge is 2.22. The van der Waals surface area contributed by atoms with Crippen molar-refractivity contribution in [3.05, 3.63) is 63.9 Å². The van der Waals surface area contributed by atoms with Gasteiger partial charge in [-0.2, -0.15) is 0 Å². The zero-order valence-electron chi connectivity index (χ0n) is 14.6. The first kappa shape index (κ1) is 20.2. The maximum atomic E-state index is 12.5. The van der Waals surface area contributed by atoms with Crippen LogP contribution in [0, 0.1) is 5.92 Å². The third kappa shape index (κ3) is 6.00. The quantitative estimate of drug-likeness (QED) is 0.750. The third-order valence-corrected chi connectivity index (χ3v) is 4.44. The highest BCUT2D eigenvalue weighted by atomic mass is 35.5. The predicted octanol–water partition coefficient (Wildman–Crippen LogP) is 3.85. The van der Waals surface area contributed by atoms with E-state index in [9.17, 15) is 9.59 Å². The Balaban J connectivity index is 2.04. The van der Waals surface area contributed by atoms with E-state index in [1.165, 1.54) is 6.07 Å². The lowest BCUT2D eigenvalue weighted by atomic mass is 10.0. The molecular formula is C19H21Cl2N3O2. The number of hydrogen-bond donors (Lipinski definition) is 2. The Morgan fingerprint density at radius 2 is 1.92 bits per heavy atom. The number of hydrogen-bond acceptors (Lipinski definition) is 3. The smallest absolute Gasteiger partial charge is 0.251 e. The predicted molar refractivity (Wildman–Crippen MR) is 103 cm³/mol. The molecule has 2 aromatic rings. The van der Waals surface area contributed by atoms with Crippen molar-refractivity contribution in [2.45, 2.75) is 32.9 Å². The number of rotatable bonds is 7. The molecule has 7 heteroatoms. The lowest BCUT2D eigenvalue weighted by Crippen LogP contribution is -2.47. The first-order valence-corrected chi connectivity index (χ1v) is 9.05. The molecule has 0 radical (unpaired) electrons. The van der Waals surface area contributed by atoms with E-state index in [1.807, 2.05) is 19.9 Å². The van der Waals surface area contributed by atoms with Crippen molar-refractivity contribution in [2.24, 2.45) is 5.92 Å². The average molecular weight is 394 g/mol. The van der Waals surface area contributed by atoms with E-state index < -0.39 is 6.04 Å². The lowest BCUT2D eigenvalue weighted by Gasteiger charge is -2.20. The van der Waals surface area contributed by atoms with Crippen LogP contribution >= 0.6 is 23.2 Å². The monoisotopic (exact) mass is 393 g/mol. The molecule has 138 valence electrons. The molecule has 5 nitrogen and oxygen atoms in total. The number of pyridine rings is 1. The fraction of sp³-hybridized carbons (Fsp3) is 0.316. The second kappa shape index (κ2) is 9.55. The summed E-state index contributed by atoms with van der Waals surface area (Å²) in [6.07, 6.45) is 3.88. The minimum absolute atomic E-state index is 0.234. The van der Waals surface area contributed by atoms with E-state index in [1.54, 1.807) is 30.6 Å². The Labute approximate surface area is 163 Å². The summed E-state index contributed by atoms with van der Waals surface area (Å²) < 4.78 is 0. The van der Waals surface area contributed by atoms with Crippen molar-refractivity contribution in [3.8, 4) is 0 Å². The van der Waals surface area contributed by atoms with Crippen LogP contribution in [0.1, 0.15) is 36.2 Å². The van der Waals surface area contributed by atoms with Gasteiger partial charge in [-0.25, -0.2) is 0 Å². The van der Waals surface area contributed by atoms with Gasteiger partial charge >= 0.3 is 0 Å². The maximum absolute atomic E-state index is 12.5. The van der Waals surface area contributed by atoms with Crippen molar-refractivity contribution in [3.63, 3.8) is 0 Å². The van der Waals surface area contributed by atoms with Crippen LogP contribution < -0.4 is 10.6 Å². The molecule has 0 unspecified atom stereocenters. The van der Waals surface area contributed by atoms with E-state index >= 15 is 0 Å². The van der Waals surface area contributed by atoms with Crippen molar-refractivity contribution < 1.29 is 9.59 Å². The van der Waals surface area contributed by atoms with E-state index in [4.69, 9.17) is 23.2 Å². The molecule has 1 atom stereocenters. The number of carbonyl (C=O) groups excluding carboxylic acids is 2. The van der Waals surface area contributed by atoms with E-state index in [0.29, 0.717) is 28.6 Å². The molecule has 0 aliphatic heterocycles. The number of halogens is 2. The summed E-state index contributed by atoms with van der Waals surface area (Å²) in [5.74, 6) is -0.375. The number of nitrogens with zero attached hydrogens (tertiary/aromatic N) is 1. The van der Waals surface area contributed by atoms with Gasteiger partial charge in [0.25, 0.3) is 5.91 Å². The molecular weight excluding hydrogens is 373 g/mol. The Bertz CT molecular complexity index is 767. The van der Waals surface area contributed by atoms with E-state index in [-0.39, 0.29) is 17.7 Å². The summed E-state index contributed by atoms with van der Waals surface area (Å²) in [5, 5.41) is 6.28. The van der Waals surface area contributed by atoms with Crippen LogP contribution in [0.4, 0.5) is 0 Å². The van der Waals surface area contributed by atoms with Crippen LogP contribution in [0.2, 0.25) is 10.0 Å². The fourth-order valence-electron chi connectivity index (χ4n) is 2.40. The zero-order valence-corrected chi connectivity index (χ0v) is 16.1. The second-order valence-corrected chi connectivity index (χ2v) is 7.18. The number of amides is 2. The first-order valence-electron chi connectivity index (χ1n) is 8.29. The van der Waals surface area contributed by atoms with Crippen molar-refractivity contribution in [2.75, 3.05) is 0 Å². The Morgan fingerprint density at radius 1 is 1.15 bits per heavy atom. The SMILES string of the molecule is CC(C)C[C@H](NC(=O)c1ccc(Cl)c(Cl)c1)C(=O)NCc1cccnc1. The minimum Gasteiger partial charge on any atom is -0.350 e. The molecule has 0 spiro atoms. The number of benzene rings is 1. The molecule has 26 heavy (non-hydrogen) atoms. The standard InChI is InChI=1S/C19H21Cl2N3O2/c1-12(2)8-17(19(26)23-11-13-4-3-7-22-10-13)24-18(25)14-5-6-15(20)16(21)9-14/h3-7,9-10,12,17H,8,11H2,1-2H3,(H,23,26)(H,24,25)/t17-/m0/s1. The van der Waals surface area contributed by atoms with E-state index in [2.05, 4.69) is 15.6 Å². The lowest BCUT2D eigenvalue weighted by molar-refractivity contribution is -0.123. The van der Waals surface area contributed by atoms with Crippen LogP contribution in [-0.2, 0) is 11.3 Å². The molecule has 0 saturated heterocycles. The molecule has 2 rings (SSSR count). The second-order valence-electron chi connectivity index (χ2n) is 6.36. The van der Waals surface area contributed by atoms with Gasteiger partial charge in [0.05, 0.1) is 10.0 Å². The Hall–Kier alpha value is -2.11. The summed E-state index contributed by atoms with van der Waals surface area (Å²) in [6.45, 7) is 4.34. The molecule has 0 aliphatic carbocycles. The summed E-state index contributed by atoms with van der Waals surface area (Å²) >= 11 is 11.8. The normalized spacial score (nSPS) is 11.9. The van der Waals surface area contributed by atoms with E-state index in [0.717, 1.165) is 5.56 Å². The van der Waals surface area contributed by atoms with Gasteiger partial charge < -0.3 is 10.6 Å². The van der Waals surface area contributed by atoms with Crippen LogP contribution in [0.25, 0.3) is 0 Å². The van der Waals surface area contributed by atoms with Gasteiger partial charge in [0, 0.05) is 24.5 Å². The summed E-state index contributed by atoms with van der Waals surface area (Å²) in [5.41, 5.74) is 1.24. The molecule has 2 amide bonds. The van der Waals surface area contributed by atoms with Crippen LogP contribution in [0.5, 0.6) is 0 Å². The van der Waals surface area contributed by atoms with Crippen molar-refractivity contribution >= 4 is 35.0 Å². The number of carbonyl (C=O) groups is 2. The molecule has 0 fully saturated rings. The number of nitrogens with one attached hydrogen (secondary N) is 2. The molecule has 1 heterocycles. The molecule has 0 bridgehead atoms. The van der Waals surface area contributed by atoms with Gasteiger partial charge in [-0.3, -0.25) is 14.6 Å². The van der Waals surface area contributed by atoms with Gasteiger partial charge in [0.2, 0.25) is 5.91 Å². The summed E-state index contributed by atoms with van der Waals surface area (Å²) in [7, 11) is 0. The Kier molecular flexibility index (Phi) is 7.42. The summed E-state index contributed by atoms with van der Waals surface area (Å²) in [4.78, 5) is 29.0. The molecule has 0 aliphatic rings. The van der Waals surface area contributed by atoms with Crippen molar-refractivity contribution in [1.29, 1.82) is 0 Å². The largest absolute Gasteiger partial charge is 0.350 e. The molecule has 0 saturated carbocycles. The highest BCUT2D eigenvalue weighted by molar-refractivity contribution is 6.42. The van der Waals surface area contributed by atoms with Crippen LogP contribution in [0.15, 0.2) is 42.7 Å². The fourth-order valence-corrected chi connectivity index (χ4v) is 2.70. The third-order valence-electron chi connectivity index (χ3n) is 3.70. The summed E-state index contributed by atoms with van der Waals surface area (Å²) in [6, 6.07) is 7.65. The number of aromatic nitrogens is 1. The topological polar surface area (TPSA) is 71.1 Å². The van der Waals surface area contributed by atoms with Gasteiger partial charge in [-0.1, -0.05) is 43.1 Å². The Morgan fingerprint density at radius 3 is 2.54 bits per heavy atom. The van der Waals surface area contributed by atoms with Gasteiger partial charge in [0.1, 0.15) is 6.04 Å². The van der Waals surface area contributed by atoms with Crippen molar-refractivity contribution in [1.82, 2.24) is 15.6 Å². The highest BCUT2D eigenvalue weighted by Crippen LogP contribution is 2.22. The van der Waals surface area contributed by atoms with Gasteiger partial charge in [0.15, 0.2) is 0 Å². The molecule has 2 N–H and O–H groups in total.